The van der Waals surface area contributed by atoms with Crippen LogP contribution in [0.1, 0.15) is 60.7 Å². The lowest BCUT2D eigenvalue weighted by molar-refractivity contribution is -0.226. The van der Waals surface area contributed by atoms with Crippen molar-refractivity contribution < 1.29 is 28.2 Å². The fourth-order valence-electron chi connectivity index (χ4n) is 4.20. The molecule has 192 valence electrons. The minimum atomic E-state index is -1.89. The summed E-state index contributed by atoms with van der Waals surface area (Å²) in [6.45, 7) is 6.15. The van der Waals surface area contributed by atoms with Crippen LogP contribution in [-0.4, -0.2) is 36.5 Å². The van der Waals surface area contributed by atoms with E-state index in [4.69, 9.17) is 21.1 Å². The summed E-state index contributed by atoms with van der Waals surface area (Å²) in [5.41, 5.74) is 1.72. The summed E-state index contributed by atoms with van der Waals surface area (Å²) in [5.74, 6) is -3.50. The lowest BCUT2D eigenvalue weighted by Gasteiger charge is -2.32. The molecule has 0 aliphatic carbocycles. The Morgan fingerprint density at radius 3 is 2.39 bits per heavy atom. The van der Waals surface area contributed by atoms with Crippen LogP contribution < -0.4 is 10.6 Å². The molecule has 1 spiro atoms. The molecule has 0 bridgehead atoms. The zero-order chi connectivity index (χ0) is 26.1. The van der Waals surface area contributed by atoms with Gasteiger partial charge in [0.2, 0.25) is 0 Å². The first-order valence-electron chi connectivity index (χ1n) is 11.7. The summed E-state index contributed by atoms with van der Waals surface area (Å²) in [6.07, 6.45) is 0.144. The first kappa shape index (κ1) is 26.4. The molecule has 7 nitrogen and oxygen atoms in total. The Hall–Kier alpha value is -2.62. The van der Waals surface area contributed by atoms with Gasteiger partial charge in [0.25, 0.3) is 11.7 Å². The minimum Gasteiger partial charge on any atom is -0.416 e. The van der Waals surface area contributed by atoms with Crippen LogP contribution in [-0.2, 0) is 37.0 Å². The number of rotatable bonds is 4. The van der Waals surface area contributed by atoms with Crippen LogP contribution >= 0.6 is 23.4 Å². The number of fused-ring (bicyclic) bond motifs is 2. The van der Waals surface area contributed by atoms with Gasteiger partial charge in [-0.3, -0.25) is 14.4 Å². The van der Waals surface area contributed by atoms with Crippen LogP contribution in [0.5, 0.6) is 0 Å². The zero-order valence-corrected chi connectivity index (χ0v) is 21.9. The van der Waals surface area contributed by atoms with E-state index < -0.39 is 23.5 Å². The first-order valence-corrected chi connectivity index (χ1v) is 13.0. The Labute approximate surface area is 218 Å². The van der Waals surface area contributed by atoms with E-state index in [1.807, 2.05) is 32.9 Å². The molecule has 0 aromatic heterocycles. The van der Waals surface area contributed by atoms with E-state index in [1.54, 1.807) is 12.1 Å². The number of hydrogen-bond acceptors (Lipinski definition) is 7. The lowest BCUT2D eigenvalue weighted by atomic mass is 9.97. The highest BCUT2D eigenvalue weighted by molar-refractivity contribution is 7.98. The smallest absolute Gasteiger partial charge is 0.309 e. The SMILES string of the molecule is CC(C)(C)NC(=O)c1ccc(CSc2c(Cl)cc(F)c3c2CCNCC32OC(=O)CCC(=O)O2)cc1. The van der Waals surface area contributed by atoms with E-state index in [1.165, 1.54) is 17.8 Å². The molecule has 2 heterocycles. The predicted molar refractivity (Wildman–Crippen MR) is 134 cm³/mol. The van der Waals surface area contributed by atoms with E-state index in [9.17, 15) is 14.4 Å². The summed E-state index contributed by atoms with van der Waals surface area (Å²) >= 11 is 7.88. The lowest BCUT2D eigenvalue weighted by Crippen LogP contribution is -2.44. The van der Waals surface area contributed by atoms with Gasteiger partial charge in [-0.05, 0) is 63.1 Å². The molecule has 0 atom stereocenters. The Kier molecular flexibility index (Phi) is 7.64. The fraction of sp³-hybridized carbons (Fsp3) is 0.423. The zero-order valence-electron chi connectivity index (χ0n) is 20.3. The van der Waals surface area contributed by atoms with E-state index >= 15 is 4.39 Å². The standard InChI is InChI=1S/C26H28ClFN2O5S/c1-25(2,3)30-24(33)16-6-4-15(5-7-16)13-36-23-17-10-11-29-14-26(22(17)19(28)12-18(23)27)34-20(31)8-9-21(32)35-26/h4-7,12,29H,8-11,13-14H2,1-3H3,(H,30,33). The fourth-order valence-corrected chi connectivity index (χ4v) is 5.65. The Morgan fingerprint density at radius 2 is 1.78 bits per heavy atom. The maximum Gasteiger partial charge on any atom is 0.309 e. The molecule has 10 heteroatoms. The second-order valence-electron chi connectivity index (χ2n) is 9.84. The van der Waals surface area contributed by atoms with Crippen molar-refractivity contribution >= 4 is 41.2 Å². The molecule has 2 aromatic carbocycles. The molecule has 2 N–H and O–H groups in total. The number of carbonyl (C=O) groups excluding carboxylic acids is 3. The van der Waals surface area contributed by atoms with Gasteiger partial charge < -0.3 is 20.1 Å². The average molecular weight is 535 g/mol. The third-order valence-corrected chi connectivity index (χ3v) is 7.40. The molecule has 0 saturated carbocycles. The average Bonchev–Trinajstić information content (AvgIpc) is 3.05. The van der Waals surface area contributed by atoms with Gasteiger partial charge in [0, 0.05) is 21.8 Å². The molecule has 2 aliphatic heterocycles. The van der Waals surface area contributed by atoms with E-state index in [0.717, 1.165) is 5.56 Å². The Bertz CT molecular complexity index is 1180. The van der Waals surface area contributed by atoms with Crippen LogP contribution in [0.3, 0.4) is 0 Å². The predicted octanol–water partition coefficient (Wildman–Crippen LogP) is 4.48. The molecule has 1 saturated heterocycles. The Morgan fingerprint density at radius 1 is 1.14 bits per heavy atom. The van der Waals surface area contributed by atoms with E-state index in [-0.39, 0.29) is 41.4 Å². The topological polar surface area (TPSA) is 93.7 Å². The van der Waals surface area contributed by atoms with E-state index in [2.05, 4.69) is 10.6 Å². The number of nitrogens with one attached hydrogen (secondary N) is 2. The number of hydrogen-bond donors (Lipinski definition) is 2. The quantitative estimate of drug-likeness (QED) is 0.441. The van der Waals surface area contributed by atoms with Gasteiger partial charge in [0.05, 0.1) is 30.0 Å². The van der Waals surface area contributed by atoms with Gasteiger partial charge in [-0.15, -0.1) is 11.8 Å². The summed E-state index contributed by atoms with van der Waals surface area (Å²) in [5, 5.41) is 6.25. The molecular weight excluding hydrogens is 507 g/mol. The van der Waals surface area contributed by atoms with Crippen molar-refractivity contribution in [2.75, 3.05) is 13.1 Å². The highest BCUT2D eigenvalue weighted by Crippen LogP contribution is 2.43. The van der Waals surface area contributed by atoms with Crippen molar-refractivity contribution in [2.45, 2.75) is 62.0 Å². The second-order valence-corrected chi connectivity index (χ2v) is 11.2. The van der Waals surface area contributed by atoms with Crippen LogP contribution in [0.4, 0.5) is 4.39 Å². The summed E-state index contributed by atoms with van der Waals surface area (Å²) < 4.78 is 26.5. The highest BCUT2D eigenvalue weighted by atomic mass is 35.5. The Balaban J connectivity index is 1.63. The van der Waals surface area contributed by atoms with Gasteiger partial charge in [0.1, 0.15) is 5.82 Å². The van der Waals surface area contributed by atoms with E-state index in [0.29, 0.717) is 34.7 Å². The van der Waals surface area contributed by atoms with Crippen LogP contribution in [0, 0.1) is 5.82 Å². The normalized spacial score (nSPS) is 17.5. The molecule has 36 heavy (non-hydrogen) atoms. The van der Waals surface area contributed by atoms with Gasteiger partial charge in [-0.2, -0.15) is 0 Å². The van der Waals surface area contributed by atoms with Gasteiger partial charge in [0.15, 0.2) is 0 Å². The summed E-state index contributed by atoms with van der Waals surface area (Å²) in [6, 6.07) is 8.40. The largest absolute Gasteiger partial charge is 0.416 e. The minimum absolute atomic E-state index is 0.0252. The molecule has 2 aromatic rings. The number of amides is 1. The van der Waals surface area contributed by atoms with Crippen molar-refractivity contribution in [3.8, 4) is 0 Å². The molecule has 0 radical (unpaired) electrons. The third kappa shape index (κ3) is 5.85. The number of benzene rings is 2. The van der Waals surface area contributed by atoms with Crippen molar-refractivity contribution in [3.63, 3.8) is 0 Å². The molecule has 1 amide bonds. The molecular formula is C26H28ClFN2O5S. The molecule has 0 unspecified atom stereocenters. The number of thioether (sulfide) groups is 1. The van der Waals surface area contributed by atoms with Crippen molar-refractivity contribution in [1.29, 1.82) is 0 Å². The van der Waals surface area contributed by atoms with Crippen LogP contribution in [0.2, 0.25) is 5.02 Å². The number of ether oxygens (including phenoxy) is 2. The maximum absolute atomic E-state index is 15.4. The molecule has 1 fully saturated rings. The van der Waals surface area contributed by atoms with Gasteiger partial charge >= 0.3 is 11.9 Å². The third-order valence-electron chi connectivity index (χ3n) is 5.75. The number of halogens is 2. The van der Waals surface area contributed by atoms with Crippen molar-refractivity contribution in [1.82, 2.24) is 10.6 Å². The summed E-state index contributed by atoms with van der Waals surface area (Å²) in [4.78, 5) is 37.6. The number of esters is 2. The summed E-state index contributed by atoms with van der Waals surface area (Å²) in [7, 11) is 0. The first-order chi connectivity index (χ1) is 17.0. The molecule has 4 rings (SSSR count). The maximum atomic E-state index is 15.4. The number of carbonyl (C=O) groups is 3. The van der Waals surface area contributed by atoms with Crippen LogP contribution in [0.25, 0.3) is 0 Å². The van der Waals surface area contributed by atoms with Gasteiger partial charge in [-0.25, -0.2) is 4.39 Å². The van der Waals surface area contributed by atoms with Crippen molar-refractivity contribution in [2.24, 2.45) is 0 Å². The highest BCUT2D eigenvalue weighted by Gasteiger charge is 2.48. The van der Waals surface area contributed by atoms with Crippen molar-refractivity contribution in [3.05, 3.63) is 63.4 Å². The van der Waals surface area contributed by atoms with Gasteiger partial charge in [-0.1, -0.05) is 23.7 Å². The van der Waals surface area contributed by atoms with Crippen LogP contribution in [0.15, 0.2) is 35.2 Å². The second kappa shape index (κ2) is 10.4. The monoisotopic (exact) mass is 534 g/mol. The molecule has 2 aliphatic rings.